The van der Waals surface area contributed by atoms with Crippen LogP contribution in [0.4, 0.5) is 0 Å². The van der Waals surface area contributed by atoms with Gasteiger partial charge < -0.3 is 15.2 Å². The molecule has 1 heterocycles. The molecule has 0 unspecified atom stereocenters. The molecule has 4 nitrogen and oxygen atoms in total. The standard InChI is InChI=1S/C13H15BrClNO3/c14-9-1-2-11(15)10(7-9)12(18)16-13(8-17)3-5-19-6-4-13/h1-2,7,17H,3-6,8H2,(H,16,18). The molecule has 1 aliphatic rings. The monoisotopic (exact) mass is 347 g/mol. The molecule has 1 fully saturated rings. The molecule has 0 aliphatic carbocycles. The van der Waals surface area contributed by atoms with Crippen molar-refractivity contribution in [2.75, 3.05) is 19.8 Å². The van der Waals surface area contributed by atoms with Crippen molar-refractivity contribution in [3.05, 3.63) is 33.3 Å². The van der Waals surface area contributed by atoms with E-state index in [1.54, 1.807) is 18.2 Å². The second-order valence-electron chi connectivity index (χ2n) is 4.63. The summed E-state index contributed by atoms with van der Waals surface area (Å²) in [5, 5.41) is 12.8. The van der Waals surface area contributed by atoms with E-state index in [0.717, 1.165) is 4.47 Å². The molecular formula is C13H15BrClNO3. The third-order valence-corrected chi connectivity index (χ3v) is 4.13. The first-order chi connectivity index (χ1) is 9.06. The number of aliphatic hydroxyl groups excluding tert-OH is 1. The zero-order valence-electron chi connectivity index (χ0n) is 10.3. The van der Waals surface area contributed by atoms with E-state index in [1.807, 2.05) is 0 Å². The van der Waals surface area contributed by atoms with Gasteiger partial charge in [0.2, 0.25) is 0 Å². The van der Waals surface area contributed by atoms with E-state index >= 15 is 0 Å². The fourth-order valence-electron chi connectivity index (χ4n) is 2.06. The summed E-state index contributed by atoms with van der Waals surface area (Å²) < 4.78 is 6.05. The van der Waals surface area contributed by atoms with Crippen molar-refractivity contribution >= 4 is 33.4 Å². The van der Waals surface area contributed by atoms with Gasteiger partial charge in [-0.2, -0.15) is 0 Å². The van der Waals surface area contributed by atoms with Gasteiger partial charge in [-0.15, -0.1) is 0 Å². The first-order valence-corrected chi connectivity index (χ1v) is 7.20. The molecule has 1 aromatic carbocycles. The van der Waals surface area contributed by atoms with Crippen LogP contribution < -0.4 is 5.32 Å². The third-order valence-electron chi connectivity index (χ3n) is 3.30. The van der Waals surface area contributed by atoms with Gasteiger partial charge in [-0.05, 0) is 31.0 Å². The van der Waals surface area contributed by atoms with Crippen molar-refractivity contribution in [1.82, 2.24) is 5.32 Å². The predicted molar refractivity (Wildman–Crippen MR) is 76.5 cm³/mol. The van der Waals surface area contributed by atoms with E-state index in [9.17, 15) is 9.90 Å². The van der Waals surface area contributed by atoms with Crippen LogP contribution in [-0.4, -0.2) is 36.4 Å². The summed E-state index contributed by atoms with van der Waals surface area (Å²) in [5.41, 5.74) is -0.212. The van der Waals surface area contributed by atoms with Crippen molar-refractivity contribution in [3.63, 3.8) is 0 Å². The molecule has 0 spiro atoms. The summed E-state index contributed by atoms with van der Waals surface area (Å²) in [6.07, 6.45) is 1.20. The Morgan fingerprint density at radius 2 is 2.16 bits per heavy atom. The molecule has 19 heavy (non-hydrogen) atoms. The highest BCUT2D eigenvalue weighted by Gasteiger charge is 2.34. The van der Waals surface area contributed by atoms with Gasteiger partial charge in [-0.25, -0.2) is 0 Å². The molecule has 0 saturated carbocycles. The Morgan fingerprint density at radius 1 is 1.47 bits per heavy atom. The maximum atomic E-state index is 12.3. The third kappa shape index (κ3) is 3.48. The topological polar surface area (TPSA) is 58.6 Å². The Bertz CT molecular complexity index is 475. The smallest absolute Gasteiger partial charge is 0.253 e. The molecule has 0 aromatic heterocycles. The minimum atomic E-state index is -0.610. The zero-order valence-corrected chi connectivity index (χ0v) is 12.6. The van der Waals surface area contributed by atoms with E-state index in [1.165, 1.54) is 0 Å². The lowest BCUT2D eigenvalue weighted by Crippen LogP contribution is -2.54. The summed E-state index contributed by atoms with van der Waals surface area (Å²) in [4.78, 5) is 12.3. The number of amides is 1. The van der Waals surface area contributed by atoms with Crippen LogP contribution in [0.25, 0.3) is 0 Å². The normalized spacial score (nSPS) is 18.1. The lowest BCUT2D eigenvalue weighted by molar-refractivity contribution is 0.0125. The van der Waals surface area contributed by atoms with E-state index < -0.39 is 5.54 Å². The van der Waals surface area contributed by atoms with Crippen molar-refractivity contribution in [1.29, 1.82) is 0 Å². The zero-order chi connectivity index (χ0) is 13.9. The van der Waals surface area contributed by atoms with E-state index in [0.29, 0.717) is 36.6 Å². The molecular weight excluding hydrogens is 334 g/mol. The lowest BCUT2D eigenvalue weighted by atomic mass is 9.90. The first kappa shape index (κ1) is 14.8. The predicted octanol–water partition coefficient (Wildman–Crippen LogP) is 2.37. The SMILES string of the molecule is O=C(NC1(CO)CCOCC1)c1cc(Br)ccc1Cl. The highest BCUT2D eigenvalue weighted by Crippen LogP contribution is 2.24. The Labute approximate surface area is 125 Å². The van der Waals surface area contributed by atoms with Crippen molar-refractivity contribution in [2.45, 2.75) is 18.4 Å². The molecule has 2 rings (SSSR count). The molecule has 0 bridgehead atoms. The van der Waals surface area contributed by atoms with Crippen molar-refractivity contribution < 1.29 is 14.6 Å². The van der Waals surface area contributed by atoms with Gasteiger partial charge in [0.15, 0.2) is 0 Å². The number of hydrogen-bond acceptors (Lipinski definition) is 3. The quantitative estimate of drug-likeness (QED) is 0.882. The number of carbonyl (C=O) groups is 1. The van der Waals surface area contributed by atoms with Gasteiger partial charge in [-0.3, -0.25) is 4.79 Å². The second-order valence-corrected chi connectivity index (χ2v) is 5.95. The van der Waals surface area contributed by atoms with E-state index in [2.05, 4.69) is 21.2 Å². The molecule has 6 heteroatoms. The van der Waals surface area contributed by atoms with Crippen LogP contribution in [0.5, 0.6) is 0 Å². The number of ether oxygens (including phenoxy) is 1. The maximum Gasteiger partial charge on any atom is 0.253 e. The number of carbonyl (C=O) groups excluding carboxylic acids is 1. The van der Waals surface area contributed by atoms with Gasteiger partial charge in [0, 0.05) is 17.7 Å². The summed E-state index contributed by atoms with van der Waals surface area (Å²) in [6, 6.07) is 5.10. The number of halogens is 2. The second kappa shape index (κ2) is 6.22. The Balaban J connectivity index is 2.17. The van der Waals surface area contributed by atoms with Gasteiger partial charge >= 0.3 is 0 Å². The van der Waals surface area contributed by atoms with Gasteiger partial charge in [0.1, 0.15) is 0 Å². The number of hydrogen-bond donors (Lipinski definition) is 2. The molecule has 0 radical (unpaired) electrons. The van der Waals surface area contributed by atoms with Gasteiger partial charge in [-0.1, -0.05) is 27.5 Å². The number of nitrogens with one attached hydrogen (secondary N) is 1. The average molecular weight is 349 g/mol. The number of benzene rings is 1. The van der Waals surface area contributed by atoms with Crippen LogP contribution >= 0.6 is 27.5 Å². The average Bonchev–Trinajstić information content (AvgIpc) is 2.42. The van der Waals surface area contributed by atoms with Crippen LogP contribution in [0.15, 0.2) is 22.7 Å². The van der Waals surface area contributed by atoms with Crippen molar-refractivity contribution in [3.8, 4) is 0 Å². The summed E-state index contributed by atoms with van der Waals surface area (Å²) >= 11 is 9.34. The Morgan fingerprint density at radius 3 is 2.79 bits per heavy atom. The molecule has 104 valence electrons. The van der Waals surface area contributed by atoms with Crippen molar-refractivity contribution in [2.24, 2.45) is 0 Å². The minimum Gasteiger partial charge on any atom is -0.394 e. The molecule has 1 aliphatic heterocycles. The number of aliphatic hydroxyl groups is 1. The molecule has 1 aromatic rings. The minimum absolute atomic E-state index is 0.103. The molecule has 1 saturated heterocycles. The number of rotatable bonds is 3. The summed E-state index contributed by atoms with van der Waals surface area (Å²) in [6.45, 7) is 0.966. The van der Waals surface area contributed by atoms with E-state index in [4.69, 9.17) is 16.3 Å². The molecule has 0 atom stereocenters. The fraction of sp³-hybridized carbons (Fsp3) is 0.462. The molecule has 1 amide bonds. The largest absolute Gasteiger partial charge is 0.394 e. The lowest BCUT2D eigenvalue weighted by Gasteiger charge is -2.36. The van der Waals surface area contributed by atoms with Crippen LogP contribution in [0, 0.1) is 0 Å². The first-order valence-electron chi connectivity index (χ1n) is 6.02. The van der Waals surface area contributed by atoms with Crippen LogP contribution in [0.2, 0.25) is 5.02 Å². The molecule has 2 N–H and O–H groups in total. The fourth-order valence-corrected chi connectivity index (χ4v) is 2.63. The highest BCUT2D eigenvalue weighted by atomic mass is 79.9. The summed E-state index contributed by atoms with van der Waals surface area (Å²) in [5.74, 6) is -0.276. The summed E-state index contributed by atoms with van der Waals surface area (Å²) in [7, 11) is 0. The van der Waals surface area contributed by atoms with E-state index in [-0.39, 0.29) is 12.5 Å². The van der Waals surface area contributed by atoms with Crippen LogP contribution in [0.3, 0.4) is 0 Å². The van der Waals surface area contributed by atoms with Gasteiger partial charge in [0.05, 0.1) is 22.7 Å². The van der Waals surface area contributed by atoms with Gasteiger partial charge in [0.25, 0.3) is 5.91 Å². The Kier molecular flexibility index (Phi) is 4.84. The maximum absolute atomic E-state index is 12.3. The van der Waals surface area contributed by atoms with Crippen LogP contribution in [-0.2, 0) is 4.74 Å². The Hall–Kier alpha value is -0.620. The van der Waals surface area contributed by atoms with Crippen LogP contribution in [0.1, 0.15) is 23.2 Å². The highest BCUT2D eigenvalue weighted by molar-refractivity contribution is 9.10.